The SMILES string of the molecule is CCCNC(Cc1ccccc1)c1c(F)cccc1F. The van der Waals surface area contributed by atoms with Crippen LogP contribution in [-0.4, -0.2) is 6.54 Å². The topological polar surface area (TPSA) is 12.0 Å². The molecular formula is C17H19F2N. The molecule has 0 saturated carbocycles. The van der Waals surface area contributed by atoms with Gasteiger partial charge in [0.15, 0.2) is 0 Å². The van der Waals surface area contributed by atoms with Gasteiger partial charge in [-0.25, -0.2) is 8.78 Å². The van der Waals surface area contributed by atoms with Gasteiger partial charge in [-0.1, -0.05) is 43.3 Å². The Morgan fingerprint density at radius 3 is 2.20 bits per heavy atom. The summed E-state index contributed by atoms with van der Waals surface area (Å²) in [5.41, 5.74) is 1.19. The highest BCUT2D eigenvalue weighted by Crippen LogP contribution is 2.24. The number of hydrogen-bond donors (Lipinski definition) is 1. The molecule has 1 nitrogen and oxygen atoms in total. The number of hydrogen-bond acceptors (Lipinski definition) is 1. The van der Waals surface area contributed by atoms with Crippen LogP contribution in [0.5, 0.6) is 0 Å². The third-order valence-electron chi connectivity index (χ3n) is 3.27. The summed E-state index contributed by atoms with van der Waals surface area (Å²) in [5, 5.41) is 3.24. The van der Waals surface area contributed by atoms with E-state index in [1.54, 1.807) is 0 Å². The Morgan fingerprint density at radius 2 is 1.60 bits per heavy atom. The minimum absolute atomic E-state index is 0.129. The van der Waals surface area contributed by atoms with Crippen LogP contribution in [0.4, 0.5) is 8.78 Å². The van der Waals surface area contributed by atoms with Crippen molar-refractivity contribution < 1.29 is 8.78 Å². The van der Waals surface area contributed by atoms with Crippen molar-refractivity contribution >= 4 is 0 Å². The fraction of sp³-hybridized carbons (Fsp3) is 0.294. The first kappa shape index (κ1) is 14.7. The second kappa shape index (κ2) is 7.15. The monoisotopic (exact) mass is 275 g/mol. The molecule has 1 unspecified atom stereocenters. The average molecular weight is 275 g/mol. The molecular weight excluding hydrogens is 256 g/mol. The molecule has 1 atom stereocenters. The lowest BCUT2D eigenvalue weighted by atomic mass is 9.97. The van der Waals surface area contributed by atoms with Crippen LogP contribution in [0.15, 0.2) is 48.5 Å². The van der Waals surface area contributed by atoms with Gasteiger partial charge in [0.1, 0.15) is 11.6 Å². The standard InChI is InChI=1S/C17H19F2N/c1-2-11-20-16(12-13-7-4-3-5-8-13)17-14(18)9-6-10-15(17)19/h3-10,16,20H,2,11-12H2,1H3. The van der Waals surface area contributed by atoms with E-state index in [1.165, 1.54) is 18.2 Å². The molecule has 2 aromatic carbocycles. The second-order valence-corrected chi connectivity index (χ2v) is 4.83. The fourth-order valence-electron chi connectivity index (χ4n) is 2.29. The van der Waals surface area contributed by atoms with Gasteiger partial charge < -0.3 is 5.32 Å². The third kappa shape index (κ3) is 3.64. The molecule has 2 rings (SSSR count). The van der Waals surface area contributed by atoms with E-state index in [2.05, 4.69) is 5.32 Å². The van der Waals surface area contributed by atoms with E-state index in [4.69, 9.17) is 0 Å². The first-order valence-corrected chi connectivity index (χ1v) is 6.93. The zero-order valence-electron chi connectivity index (χ0n) is 11.6. The van der Waals surface area contributed by atoms with Crippen molar-refractivity contribution in [1.29, 1.82) is 0 Å². The summed E-state index contributed by atoms with van der Waals surface area (Å²) in [6.45, 7) is 2.76. The molecule has 0 spiro atoms. The lowest BCUT2D eigenvalue weighted by Crippen LogP contribution is -2.26. The molecule has 106 valence electrons. The highest BCUT2D eigenvalue weighted by molar-refractivity contribution is 5.26. The predicted octanol–water partition coefficient (Wildman–Crippen LogP) is 4.25. The molecule has 0 aliphatic carbocycles. The molecule has 0 aliphatic rings. The van der Waals surface area contributed by atoms with Crippen LogP contribution in [0, 0.1) is 11.6 Å². The zero-order chi connectivity index (χ0) is 14.4. The Labute approximate surface area is 118 Å². The Bertz CT molecular complexity index is 520. The smallest absolute Gasteiger partial charge is 0.130 e. The van der Waals surface area contributed by atoms with Crippen molar-refractivity contribution in [3.8, 4) is 0 Å². The molecule has 2 aromatic rings. The van der Waals surface area contributed by atoms with Crippen LogP contribution in [0.2, 0.25) is 0 Å². The van der Waals surface area contributed by atoms with E-state index >= 15 is 0 Å². The molecule has 0 heterocycles. The van der Waals surface area contributed by atoms with E-state index in [0.29, 0.717) is 6.42 Å². The van der Waals surface area contributed by atoms with Crippen LogP contribution in [0.1, 0.15) is 30.5 Å². The van der Waals surface area contributed by atoms with Gasteiger partial charge in [0.2, 0.25) is 0 Å². The van der Waals surface area contributed by atoms with E-state index in [-0.39, 0.29) is 11.6 Å². The van der Waals surface area contributed by atoms with E-state index in [1.807, 2.05) is 37.3 Å². The Hall–Kier alpha value is -1.74. The van der Waals surface area contributed by atoms with Crippen LogP contribution in [0.3, 0.4) is 0 Å². The molecule has 3 heteroatoms. The van der Waals surface area contributed by atoms with Crippen molar-refractivity contribution in [1.82, 2.24) is 5.32 Å². The van der Waals surface area contributed by atoms with E-state index in [9.17, 15) is 8.78 Å². The summed E-state index contributed by atoms with van der Waals surface area (Å²) in [5.74, 6) is -0.982. The summed E-state index contributed by atoms with van der Waals surface area (Å²) in [7, 11) is 0. The Kier molecular flexibility index (Phi) is 5.24. The minimum Gasteiger partial charge on any atom is -0.309 e. The molecule has 1 N–H and O–H groups in total. The summed E-state index contributed by atoms with van der Waals surface area (Å²) < 4.78 is 27.9. The lowest BCUT2D eigenvalue weighted by molar-refractivity contribution is 0.464. The number of halogens is 2. The minimum atomic E-state index is -0.491. The molecule has 0 saturated heterocycles. The predicted molar refractivity (Wildman–Crippen MR) is 77.5 cm³/mol. The van der Waals surface area contributed by atoms with Gasteiger partial charge in [-0.2, -0.15) is 0 Å². The molecule has 0 amide bonds. The highest BCUT2D eigenvalue weighted by Gasteiger charge is 2.19. The zero-order valence-corrected chi connectivity index (χ0v) is 11.6. The van der Waals surface area contributed by atoms with E-state index < -0.39 is 11.6 Å². The molecule has 0 radical (unpaired) electrons. The second-order valence-electron chi connectivity index (χ2n) is 4.83. The first-order chi connectivity index (χ1) is 9.72. The lowest BCUT2D eigenvalue weighted by Gasteiger charge is -2.20. The summed E-state index contributed by atoms with van der Waals surface area (Å²) in [6.07, 6.45) is 1.49. The maximum atomic E-state index is 14.0. The average Bonchev–Trinajstić information content (AvgIpc) is 2.45. The van der Waals surface area contributed by atoms with Crippen molar-refractivity contribution in [2.75, 3.05) is 6.54 Å². The van der Waals surface area contributed by atoms with Crippen molar-refractivity contribution in [2.45, 2.75) is 25.8 Å². The van der Waals surface area contributed by atoms with Gasteiger partial charge in [0.05, 0.1) is 0 Å². The summed E-state index contributed by atoms with van der Waals surface area (Å²) >= 11 is 0. The fourth-order valence-corrected chi connectivity index (χ4v) is 2.29. The molecule has 0 aliphatic heterocycles. The van der Waals surface area contributed by atoms with Crippen molar-refractivity contribution in [2.24, 2.45) is 0 Å². The van der Waals surface area contributed by atoms with Gasteiger partial charge in [0.25, 0.3) is 0 Å². The quantitative estimate of drug-likeness (QED) is 0.831. The van der Waals surface area contributed by atoms with Crippen molar-refractivity contribution in [3.63, 3.8) is 0 Å². The van der Waals surface area contributed by atoms with Gasteiger partial charge in [-0.05, 0) is 37.1 Å². The van der Waals surface area contributed by atoms with Gasteiger partial charge >= 0.3 is 0 Å². The molecule has 0 aromatic heterocycles. The van der Waals surface area contributed by atoms with Crippen LogP contribution >= 0.6 is 0 Å². The normalized spacial score (nSPS) is 12.3. The third-order valence-corrected chi connectivity index (χ3v) is 3.27. The summed E-state index contributed by atoms with van der Waals surface area (Å²) in [6, 6.07) is 13.4. The van der Waals surface area contributed by atoms with Crippen LogP contribution in [0.25, 0.3) is 0 Å². The van der Waals surface area contributed by atoms with Gasteiger partial charge in [-0.3, -0.25) is 0 Å². The van der Waals surface area contributed by atoms with Crippen LogP contribution in [-0.2, 0) is 6.42 Å². The van der Waals surface area contributed by atoms with Crippen molar-refractivity contribution in [3.05, 3.63) is 71.3 Å². The molecule has 20 heavy (non-hydrogen) atoms. The maximum Gasteiger partial charge on any atom is 0.130 e. The first-order valence-electron chi connectivity index (χ1n) is 6.93. The Morgan fingerprint density at radius 1 is 0.950 bits per heavy atom. The van der Waals surface area contributed by atoms with Gasteiger partial charge in [0, 0.05) is 11.6 Å². The molecule has 0 bridgehead atoms. The number of benzene rings is 2. The molecule has 0 fully saturated rings. The largest absolute Gasteiger partial charge is 0.309 e. The summed E-state index contributed by atoms with van der Waals surface area (Å²) in [4.78, 5) is 0. The van der Waals surface area contributed by atoms with Gasteiger partial charge in [-0.15, -0.1) is 0 Å². The van der Waals surface area contributed by atoms with E-state index in [0.717, 1.165) is 18.5 Å². The number of nitrogens with one attached hydrogen (secondary N) is 1. The number of rotatable bonds is 6. The highest BCUT2D eigenvalue weighted by atomic mass is 19.1. The van der Waals surface area contributed by atoms with Crippen LogP contribution < -0.4 is 5.32 Å². The Balaban J connectivity index is 2.27. The maximum absolute atomic E-state index is 14.0.